The van der Waals surface area contributed by atoms with Gasteiger partial charge >= 0.3 is 0 Å². The standard InChI is InChI=1S/C25H27N5O4/c31-23(12-14-34-22-5-2-1-3-6-22)28-20-16-27-29(17-20)18-24(32)26-15-19-8-10-21(11-9-19)30-13-4-7-25(30)33/h1-3,5-6,8-11,16-17H,4,7,12-15,18H2,(H,26,32)(H,28,31). The van der Waals surface area contributed by atoms with Crippen molar-refractivity contribution in [1.82, 2.24) is 15.1 Å². The van der Waals surface area contributed by atoms with Crippen LogP contribution < -0.4 is 20.3 Å². The van der Waals surface area contributed by atoms with E-state index in [1.165, 1.54) is 10.9 Å². The first-order chi connectivity index (χ1) is 16.6. The number of amides is 3. The van der Waals surface area contributed by atoms with E-state index in [1.807, 2.05) is 54.6 Å². The van der Waals surface area contributed by atoms with Crippen LogP contribution in [0.2, 0.25) is 0 Å². The van der Waals surface area contributed by atoms with Gasteiger partial charge in [-0.1, -0.05) is 30.3 Å². The molecule has 4 rings (SSSR count). The number of para-hydroxylation sites is 1. The minimum absolute atomic E-state index is 0.0351. The predicted molar refractivity (Wildman–Crippen MR) is 127 cm³/mol. The molecule has 9 heteroatoms. The lowest BCUT2D eigenvalue weighted by atomic mass is 10.2. The molecule has 0 spiro atoms. The Labute approximate surface area is 197 Å². The van der Waals surface area contributed by atoms with E-state index in [0.29, 0.717) is 24.4 Å². The van der Waals surface area contributed by atoms with E-state index in [9.17, 15) is 14.4 Å². The molecule has 1 aliphatic heterocycles. The zero-order valence-electron chi connectivity index (χ0n) is 18.8. The molecule has 3 aromatic rings. The highest BCUT2D eigenvalue weighted by molar-refractivity contribution is 5.95. The summed E-state index contributed by atoms with van der Waals surface area (Å²) in [5.74, 6) is 0.471. The molecule has 0 bridgehead atoms. The van der Waals surface area contributed by atoms with Crippen LogP contribution in [0.25, 0.3) is 0 Å². The van der Waals surface area contributed by atoms with E-state index in [2.05, 4.69) is 15.7 Å². The molecule has 2 aromatic carbocycles. The minimum atomic E-state index is -0.198. The number of hydrogen-bond acceptors (Lipinski definition) is 5. The van der Waals surface area contributed by atoms with Crippen molar-refractivity contribution in [2.75, 3.05) is 23.4 Å². The predicted octanol–water partition coefficient (Wildman–Crippen LogP) is 2.73. The van der Waals surface area contributed by atoms with E-state index in [0.717, 1.165) is 24.2 Å². The molecule has 0 radical (unpaired) electrons. The molecule has 1 saturated heterocycles. The summed E-state index contributed by atoms with van der Waals surface area (Å²) in [4.78, 5) is 38.0. The molecule has 3 amide bonds. The molecular formula is C25H27N5O4. The fourth-order valence-corrected chi connectivity index (χ4v) is 3.63. The van der Waals surface area contributed by atoms with Gasteiger partial charge in [-0.05, 0) is 36.2 Å². The molecule has 0 unspecified atom stereocenters. The summed E-state index contributed by atoms with van der Waals surface area (Å²) in [6.45, 7) is 1.43. The monoisotopic (exact) mass is 461 g/mol. The quantitative estimate of drug-likeness (QED) is 0.483. The van der Waals surface area contributed by atoms with Gasteiger partial charge in [0, 0.05) is 31.4 Å². The molecule has 0 saturated carbocycles. The van der Waals surface area contributed by atoms with Crippen LogP contribution in [-0.4, -0.2) is 40.7 Å². The Kier molecular flexibility index (Phi) is 7.54. The van der Waals surface area contributed by atoms with Crippen molar-refractivity contribution in [2.24, 2.45) is 0 Å². The maximum atomic E-state index is 12.3. The van der Waals surface area contributed by atoms with Crippen LogP contribution in [-0.2, 0) is 27.5 Å². The van der Waals surface area contributed by atoms with Crippen LogP contribution in [0, 0.1) is 0 Å². The Bertz CT molecular complexity index is 1130. The Hall–Kier alpha value is -4.14. The van der Waals surface area contributed by atoms with Gasteiger partial charge in [0.25, 0.3) is 0 Å². The van der Waals surface area contributed by atoms with Crippen LogP contribution in [0.5, 0.6) is 5.75 Å². The van der Waals surface area contributed by atoms with Gasteiger partial charge in [0.05, 0.1) is 24.9 Å². The number of ether oxygens (including phenoxy) is 1. The van der Waals surface area contributed by atoms with Gasteiger partial charge in [0.2, 0.25) is 17.7 Å². The van der Waals surface area contributed by atoms with Crippen molar-refractivity contribution in [3.63, 3.8) is 0 Å². The van der Waals surface area contributed by atoms with Gasteiger partial charge in [-0.3, -0.25) is 19.1 Å². The van der Waals surface area contributed by atoms with Gasteiger partial charge in [0.1, 0.15) is 12.3 Å². The van der Waals surface area contributed by atoms with Gasteiger partial charge in [-0.15, -0.1) is 0 Å². The number of carbonyl (C=O) groups excluding carboxylic acids is 3. The topological polar surface area (TPSA) is 106 Å². The summed E-state index contributed by atoms with van der Waals surface area (Å²) >= 11 is 0. The second-order valence-electron chi connectivity index (χ2n) is 7.98. The average Bonchev–Trinajstić information content (AvgIpc) is 3.47. The van der Waals surface area contributed by atoms with Crippen LogP contribution in [0.15, 0.2) is 67.0 Å². The van der Waals surface area contributed by atoms with E-state index in [4.69, 9.17) is 4.74 Å². The lowest BCUT2D eigenvalue weighted by Gasteiger charge is -2.16. The number of hydrogen-bond donors (Lipinski definition) is 2. The number of carbonyl (C=O) groups is 3. The number of aromatic nitrogens is 2. The summed E-state index contributed by atoms with van der Waals surface area (Å²) in [6.07, 6.45) is 4.79. The molecule has 0 atom stereocenters. The summed E-state index contributed by atoms with van der Waals surface area (Å²) in [5.41, 5.74) is 2.34. The Morgan fingerprint density at radius 3 is 2.56 bits per heavy atom. The van der Waals surface area contributed by atoms with Crippen molar-refractivity contribution >= 4 is 29.1 Å². The molecule has 1 aromatic heterocycles. The molecule has 1 fully saturated rings. The Morgan fingerprint density at radius 2 is 1.82 bits per heavy atom. The zero-order chi connectivity index (χ0) is 23.8. The molecule has 2 heterocycles. The summed E-state index contributed by atoms with van der Waals surface area (Å²) in [6, 6.07) is 16.9. The van der Waals surface area contributed by atoms with Crippen LogP contribution in [0.4, 0.5) is 11.4 Å². The highest BCUT2D eigenvalue weighted by atomic mass is 16.5. The lowest BCUT2D eigenvalue weighted by Crippen LogP contribution is -2.27. The van der Waals surface area contributed by atoms with E-state index in [1.54, 1.807) is 11.1 Å². The van der Waals surface area contributed by atoms with Crippen molar-refractivity contribution < 1.29 is 19.1 Å². The molecule has 9 nitrogen and oxygen atoms in total. The van der Waals surface area contributed by atoms with Crippen LogP contribution in [0.3, 0.4) is 0 Å². The SMILES string of the molecule is O=C(Cn1cc(NC(=O)CCOc2ccccc2)cn1)NCc1ccc(N2CCCC2=O)cc1. The Balaban J connectivity index is 1.17. The third-order valence-corrected chi connectivity index (χ3v) is 5.37. The summed E-state index contributed by atoms with van der Waals surface area (Å²) < 4.78 is 6.99. The van der Waals surface area contributed by atoms with Crippen molar-refractivity contribution in [2.45, 2.75) is 32.4 Å². The molecule has 0 aliphatic carbocycles. The van der Waals surface area contributed by atoms with Gasteiger partial charge in [-0.25, -0.2) is 0 Å². The second-order valence-corrected chi connectivity index (χ2v) is 7.98. The number of anilines is 2. The van der Waals surface area contributed by atoms with Crippen LogP contribution >= 0.6 is 0 Å². The third-order valence-electron chi connectivity index (χ3n) is 5.37. The zero-order valence-corrected chi connectivity index (χ0v) is 18.8. The van der Waals surface area contributed by atoms with E-state index < -0.39 is 0 Å². The largest absolute Gasteiger partial charge is 0.493 e. The minimum Gasteiger partial charge on any atom is -0.493 e. The van der Waals surface area contributed by atoms with Crippen molar-refractivity contribution in [1.29, 1.82) is 0 Å². The normalized spacial score (nSPS) is 13.1. The fraction of sp³-hybridized carbons (Fsp3) is 0.280. The maximum absolute atomic E-state index is 12.3. The highest BCUT2D eigenvalue weighted by Crippen LogP contribution is 2.21. The molecule has 1 aliphatic rings. The first-order valence-electron chi connectivity index (χ1n) is 11.2. The highest BCUT2D eigenvalue weighted by Gasteiger charge is 2.21. The molecular weight excluding hydrogens is 434 g/mol. The number of nitrogens with one attached hydrogen (secondary N) is 2. The number of nitrogens with zero attached hydrogens (tertiary/aromatic N) is 3. The second kappa shape index (κ2) is 11.1. The first kappa shape index (κ1) is 23.0. The van der Waals surface area contributed by atoms with Crippen LogP contribution in [0.1, 0.15) is 24.8 Å². The lowest BCUT2D eigenvalue weighted by molar-refractivity contribution is -0.122. The maximum Gasteiger partial charge on any atom is 0.241 e. The third kappa shape index (κ3) is 6.44. The average molecular weight is 462 g/mol. The van der Waals surface area contributed by atoms with E-state index >= 15 is 0 Å². The number of rotatable bonds is 10. The first-order valence-corrected chi connectivity index (χ1v) is 11.2. The fourth-order valence-electron chi connectivity index (χ4n) is 3.63. The smallest absolute Gasteiger partial charge is 0.241 e. The van der Waals surface area contributed by atoms with Crippen molar-refractivity contribution in [3.05, 3.63) is 72.6 Å². The number of benzene rings is 2. The van der Waals surface area contributed by atoms with Gasteiger partial charge in [0.15, 0.2) is 0 Å². The summed E-state index contributed by atoms with van der Waals surface area (Å²) in [5, 5.41) is 9.73. The molecule has 2 N–H and O–H groups in total. The van der Waals surface area contributed by atoms with Gasteiger partial charge in [-0.2, -0.15) is 5.10 Å². The Morgan fingerprint density at radius 1 is 1.03 bits per heavy atom. The molecule has 176 valence electrons. The van der Waals surface area contributed by atoms with E-state index in [-0.39, 0.29) is 37.3 Å². The van der Waals surface area contributed by atoms with Gasteiger partial charge < -0.3 is 20.3 Å². The van der Waals surface area contributed by atoms with Crippen molar-refractivity contribution in [3.8, 4) is 5.75 Å². The summed E-state index contributed by atoms with van der Waals surface area (Å²) in [7, 11) is 0. The molecule has 34 heavy (non-hydrogen) atoms.